The molecule has 16 heavy (non-hydrogen) atoms. The second-order valence-electron chi connectivity index (χ2n) is 5.63. The summed E-state index contributed by atoms with van der Waals surface area (Å²) < 4.78 is 2.37. The van der Waals surface area contributed by atoms with Gasteiger partial charge in [0.05, 0.1) is 6.33 Å². The molecule has 1 saturated carbocycles. The smallest absolute Gasteiger partial charge is 0.0953 e. The highest BCUT2D eigenvalue weighted by molar-refractivity contribution is 5.12. The molecule has 0 radical (unpaired) electrons. The fourth-order valence-corrected chi connectivity index (χ4v) is 2.69. The summed E-state index contributed by atoms with van der Waals surface area (Å²) >= 11 is 0. The first-order valence-electron chi connectivity index (χ1n) is 6.31. The van der Waals surface area contributed by atoms with Crippen LogP contribution in [0.2, 0.25) is 0 Å². The molecule has 0 aliphatic heterocycles. The van der Waals surface area contributed by atoms with Crippen LogP contribution in [0.1, 0.15) is 51.6 Å². The van der Waals surface area contributed by atoms with E-state index >= 15 is 0 Å². The van der Waals surface area contributed by atoms with Crippen LogP contribution >= 0.6 is 0 Å². The Balaban J connectivity index is 2.31. The molecule has 90 valence electrons. The van der Waals surface area contributed by atoms with Crippen molar-refractivity contribution in [2.45, 2.75) is 51.5 Å². The lowest BCUT2D eigenvalue weighted by Crippen LogP contribution is -2.39. The Kier molecular flexibility index (Phi) is 3.06. The number of nitrogens with zero attached hydrogens (tertiary/aromatic N) is 2. The highest BCUT2D eigenvalue weighted by atomic mass is 15.1. The number of nitrogens with two attached hydrogens (primary N) is 1. The lowest BCUT2D eigenvalue weighted by molar-refractivity contribution is 0.160. The first-order chi connectivity index (χ1) is 7.58. The number of hydrogen-bond acceptors (Lipinski definition) is 2. The molecule has 1 atom stereocenters. The van der Waals surface area contributed by atoms with E-state index in [1.807, 2.05) is 12.5 Å². The Labute approximate surface area is 98.1 Å². The highest BCUT2D eigenvalue weighted by Crippen LogP contribution is 2.41. The van der Waals surface area contributed by atoms with Gasteiger partial charge in [0.25, 0.3) is 0 Å². The first kappa shape index (κ1) is 11.6. The minimum Gasteiger partial charge on any atom is -0.330 e. The minimum absolute atomic E-state index is 0.300. The van der Waals surface area contributed by atoms with Crippen molar-refractivity contribution in [1.29, 1.82) is 0 Å². The van der Waals surface area contributed by atoms with Gasteiger partial charge in [0.15, 0.2) is 0 Å². The zero-order valence-corrected chi connectivity index (χ0v) is 10.6. The van der Waals surface area contributed by atoms with Crippen molar-refractivity contribution in [3.63, 3.8) is 0 Å². The maximum Gasteiger partial charge on any atom is 0.0953 e. The Morgan fingerprint density at radius 3 is 2.62 bits per heavy atom. The zero-order chi connectivity index (χ0) is 11.8. The molecule has 1 aromatic rings. The highest BCUT2D eigenvalue weighted by Gasteiger charge is 2.36. The molecule has 0 bridgehead atoms. The van der Waals surface area contributed by atoms with Crippen LogP contribution in [0.15, 0.2) is 12.5 Å². The van der Waals surface area contributed by atoms with Gasteiger partial charge >= 0.3 is 0 Å². The van der Waals surface area contributed by atoms with Crippen LogP contribution in [0.25, 0.3) is 0 Å². The normalized spacial score (nSPS) is 20.8. The first-order valence-corrected chi connectivity index (χ1v) is 6.31. The zero-order valence-electron chi connectivity index (χ0n) is 10.6. The van der Waals surface area contributed by atoms with Crippen LogP contribution in [0.5, 0.6) is 0 Å². The van der Waals surface area contributed by atoms with Gasteiger partial charge in [0.1, 0.15) is 0 Å². The molecule has 0 aromatic carbocycles. The number of imidazole rings is 1. The van der Waals surface area contributed by atoms with Crippen LogP contribution in [-0.2, 0) is 5.54 Å². The summed E-state index contributed by atoms with van der Waals surface area (Å²) in [5.74, 6) is 1.00. The van der Waals surface area contributed by atoms with Crippen LogP contribution < -0.4 is 5.73 Å². The van der Waals surface area contributed by atoms with Crippen molar-refractivity contribution in [3.8, 4) is 0 Å². The van der Waals surface area contributed by atoms with E-state index in [2.05, 4.69) is 30.3 Å². The van der Waals surface area contributed by atoms with Crippen molar-refractivity contribution in [2.24, 2.45) is 11.7 Å². The maximum atomic E-state index is 5.90. The number of hydrogen-bond donors (Lipinski definition) is 1. The molecule has 1 fully saturated rings. The lowest BCUT2D eigenvalue weighted by atomic mass is 9.77. The molecule has 1 aliphatic rings. The standard InChI is InChI=1S/C13H23N3/c1-10(2)11(7-14)12-8-15-9-16(12)13(3)5-4-6-13/h8-11H,4-7,14H2,1-3H3. The van der Waals surface area contributed by atoms with Crippen LogP contribution in [0.3, 0.4) is 0 Å². The second kappa shape index (κ2) is 4.21. The van der Waals surface area contributed by atoms with Gasteiger partial charge in [0.2, 0.25) is 0 Å². The molecule has 1 unspecified atom stereocenters. The molecular weight excluding hydrogens is 198 g/mol. The van der Waals surface area contributed by atoms with Gasteiger partial charge < -0.3 is 10.3 Å². The van der Waals surface area contributed by atoms with E-state index in [0.29, 0.717) is 23.9 Å². The SMILES string of the molecule is CC(C)C(CN)c1cncn1C1(C)CCC1. The fourth-order valence-electron chi connectivity index (χ4n) is 2.69. The van der Waals surface area contributed by atoms with E-state index < -0.39 is 0 Å². The van der Waals surface area contributed by atoms with E-state index in [9.17, 15) is 0 Å². The summed E-state index contributed by atoms with van der Waals surface area (Å²) in [6.07, 6.45) is 7.86. The van der Waals surface area contributed by atoms with E-state index in [1.54, 1.807) is 0 Å². The molecule has 0 saturated heterocycles. The molecule has 3 heteroatoms. The van der Waals surface area contributed by atoms with Crippen LogP contribution in [0, 0.1) is 5.92 Å². The van der Waals surface area contributed by atoms with Gasteiger partial charge in [-0.05, 0) is 32.1 Å². The molecule has 1 heterocycles. The second-order valence-corrected chi connectivity index (χ2v) is 5.63. The van der Waals surface area contributed by atoms with Gasteiger partial charge in [-0.15, -0.1) is 0 Å². The Hall–Kier alpha value is -0.830. The summed E-state index contributed by atoms with van der Waals surface area (Å²) in [6.45, 7) is 7.50. The third-order valence-electron chi connectivity index (χ3n) is 4.12. The van der Waals surface area contributed by atoms with Gasteiger partial charge in [-0.25, -0.2) is 4.98 Å². The van der Waals surface area contributed by atoms with E-state index in [1.165, 1.54) is 25.0 Å². The topological polar surface area (TPSA) is 43.8 Å². The molecule has 3 nitrogen and oxygen atoms in total. The molecular formula is C13H23N3. The average molecular weight is 221 g/mol. The van der Waals surface area contributed by atoms with Gasteiger partial charge in [-0.1, -0.05) is 13.8 Å². The lowest BCUT2D eigenvalue weighted by Gasteiger charge is -2.42. The van der Waals surface area contributed by atoms with Crippen molar-refractivity contribution in [1.82, 2.24) is 9.55 Å². The quantitative estimate of drug-likeness (QED) is 0.849. The average Bonchev–Trinajstić information content (AvgIpc) is 2.64. The van der Waals surface area contributed by atoms with Crippen molar-refractivity contribution < 1.29 is 0 Å². The fraction of sp³-hybridized carbons (Fsp3) is 0.769. The predicted octanol–water partition coefficient (Wildman–Crippen LogP) is 2.48. The maximum absolute atomic E-state index is 5.90. The van der Waals surface area contributed by atoms with Gasteiger partial charge in [-0.2, -0.15) is 0 Å². The monoisotopic (exact) mass is 221 g/mol. The molecule has 0 spiro atoms. The number of aromatic nitrogens is 2. The summed E-state index contributed by atoms with van der Waals surface area (Å²) in [5.41, 5.74) is 7.51. The molecule has 1 aromatic heterocycles. The minimum atomic E-state index is 0.300. The summed E-state index contributed by atoms with van der Waals surface area (Å²) in [6, 6.07) is 0. The van der Waals surface area contributed by atoms with Crippen LogP contribution in [0.4, 0.5) is 0 Å². The van der Waals surface area contributed by atoms with Gasteiger partial charge in [-0.3, -0.25) is 0 Å². The summed E-state index contributed by atoms with van der Waals surface area (Å²) in [4.78, 5) is 4.33. The third kappa shape index (κ3) is 1.77. The Morgan fingerprint density at radius 2 is 2.19 bits per heavy atom. The van der Waals surface area contributed by atoms with Crippen molar-refractivity contribution in [3.05, 3.63) is 18.2 Å². The van der Waals surface area contributed by atoms with Crippen molar-refractivity contribution >= 4 is 0 Å². The molecule has 1 aliphatic carbocycles. The van der Waals surface area contributed by atoms with E-state index in [4.69, 9.17) is 5.73 Å². The molecule has 2 N–H and O–H groups in total. The summed E-state index contributed by atoms with van der Waals surface area (Å²) in [7, 11) is 0. The number of rotatable bonds is 4. The largest absolute Gasteiger partial charge is 0.330 e. The summed E-state index contributed by atoms with van der Waals surface area (Å²) in [5, 5.41) is 0. The predicted molar refractivity (Wildman–Crippen MR) is 66.4 cm³/mol. The molecule has 0 amide bonds. The Morgan fingerprint density at radius 1 is 1.50 bits per heavy atom. The van der Waals surface area contributed by atoms with E-state index in [0.717, 1.165) is 0 Å². The third-order valence-corrected chi connectivity index (χ3v) is 4.12. The van der Waals surface area contributed by atoms with Gasteiger partial charge in [0, 0.05) is 29.9 Å². The van der Waals surface area contributed by atoms with Crippen molar-refractivity contribution in [2.75, 3.05) is 6.54 Å². The molecule has 2 rings (SSSR count). The Bertz CT molecular complexity index is 350. The van der Waals surface area contributed by atoms with Crippen LogP contribution in [-0.4, -0.2) is 16.1 Å². The van der Waals surface area contributed by atoms with E-state index in [-0.39, 0.29) is 0 Å².